The first-order valence-electron chi connectivity index (χ1n) is 6.22. The highest BCUT2D eigenvalue weighted by Crippen LogP contribution is 2.28. The van der Waals surface area contributed by atoms with Crippen LogP contribution in [0.25, 0.3) is 0 Å². The quantitative estimate of drug-likeness (QED) is 0.903. The predicted molar refractivity (Wildman–Crippen MR) is 77.6 cm³/mol. The van der Waals surface area contributed by atoms with Gasteiger partial charge in [0.1, 0.15) is 12.4 Å². The SMILES string of the molecule is Cc1cccc(COc2ccc(C(C)O)cc2Cl)c1. The topological polar surface area (TPSA) is 29.5 Å². The summed E-state index contributed by atoms with van der Waals surface area (Å²) in [7, 11) is 0. The second kappa shape index (κ2) is 6.09. The van der Waals surface area contributed by atoms with E-state index in [0.717, 1.165) is 11.1 Å². The average Bonchev–Trinajstić information content (AvgIpc) is 2.37. The first kappa shape index (κ1) is 13.9. The largest absolute Gasteiger partial charge is 0.487 e. The van der Waals surface area contributed by atoms with Gasteiger partial charge >= 0.3 is 0 Å². The van der Waals surface area contributed by atoms with Gasteiger partial charge in [-0.1, -0.05) is 47.5 Å². The highest BCUT2D eigenvalue weighted by atomic mass is 35.5. The zero-order valence-corrected chi connectivity index (χ0v) is 11.8. The Hall–Kier alpha value is -1.51. The Bertz CT molecular complexity index is 564. The minimum atomic E-state index is -0.525. The summed E-state index contributed by atoms with van der Waals surface area (Å²) in [5, 5.41) is 10.00. The van der Waals surface area contributed by atoms with Crippen LogP contribution in [0.3, 0.4) is 0 Å². The molecule has 2 aromatic carbocycles. The first-order chi connectivity index (χ1) is 9.06. The van der Waals surface area contributed by atoms with Gasteiger partial charge in [0.25, 0.3) is 0 Å². The van der Waals surface area contributed by atoms with E-state index in [2.05, 4.69) is 6.07 Å². The van der Waals surface area contributed by atoms with E-state index in [1.807, 2.05) is 31.2 Å². The molecule has 1 N–H and O–H groups in total. The molecule has 2 rings (SSSR count). The van der Waals surface area contributed by atoms with Gasteiger partial charge in [0.15, 0.2) is 0 Å². The lowest BCUT2D eigenvalue weighted by Crippen LogP contribution is -1.97. The summed E-state index contributed by atoms with van der Waals surface area (Å²) in [6.45, 7) is 4.24. The van der Waals surface area contributed by atoms with Gasteiger partial charge in [-0.3, -0.25) is 0 Å². The van der Waals surface area contributed by atoms with E-state index in [1.165, 1.54) is 5.56 Å². The molecule has 0 aliphatic heterocycles. The lowest BCUT2D eigenvalue weighted by Gasteiger charge is -2.11. The fraction of sp³-hybridized carbons (Fsp3) is 0.250. The summed E-state index contributed by atoms with van der Waals surface area (Å²) in [4.78, 5) is 0. The molecule has 0 heterocycles. The van der Waals surface area contributed by atoms with Gasteiger partial charge in [-0.25, -0.2) is 0 Å². The van der Waals surface area contributed by atoms with E-state index in [9.17, 15) is 5.11 Å². The van der Waals surface area contributed by atoms with Crippen LogP contribution in [-0.2, 0) is 6.61 Å². The fourth-order valence-electron chi connectivity index (χ4n) is 1.86. The van der Waals surface area contributed by atoms with Crippen LogP contribution in [0.5, 0.6) is 5.75 Å². The van der Waals surface area contributed by atoms with Gasteiger partial charge < -0.3 is 9.84 Å². The van der Waals surface area contributed by atoms with Crippen molar-refractivity contribution in [3.63, 3.8) is 0 Å². The highest BCUT2D eigenvalue weighted by molar-refractivity contribution is 6.32. The Kier molecular flexibility index (Phi) is 4.46. The molecule has 100 valence electrons. The van der Waals surface area contributed by atoms with Gasteiger partial charge in [-0.15, -0.1) is 0 Å². The molecule has 3 heteroatoms. The Balaban J connectivity index is 2.07. The molecule has 1 atom stereocenters. The third-order valence-corrected chi connectivity index (χ3v) is 3.21. The zero-order chi connectivity index (χ0) is 13.8. The van der Waals surface area contributed by atoms with Crippen LogP contribution < -0.4 is 4.74 Å². The second-order valence-electron chi connectivity index (χ2n) is 4.64. The third kappa shape index (κ3) is 3.72. The number of benzene rings is 2. The molecule has 0 aliphatic rings. The van der Waals surface area contributed by atoms with Crippen molar-refractivity contribution < 1.29 is 9.84 Å². The van der Waals surface area contributed by atoms with E-state index in [1.54, 1.807) is 19.1 Å². The van der Waals surface area contributed by atoms with Crippen molar-refractivity contribution in [2.24, 2.45) is 0 Å². The van der Waals surface area contributed by atoms with E-state index >= 15 is 0 Å². The molecule has 0 aliphatic carbocycles. The monoisotopic (exact) mass is 276 g/mol. The van der Waals surface area contributed by atoms with Crippen molar-refractivity contribution >= 4 is 11.6 Å². The van der Waals surface area contributed by atoms with Crippen molar-refractivity contribution in [3.8, 4) is 5.75 Å². The molecule has 0 radical (unpaired) electrons. The predicted octanol–water partition coefficient (Wildman–Crippen LogP) is 4.28. The third-order valence-electron chi connectivity index (χ3n) is 2.92. The number of ether oxygens (including phenoxy) is 1. The van der Waals surface area contributed by atoms with E-state index in [4.69, 9.17) is 16.3 Å². The average molecular weight is 277 g/mol. The van der Waals surface area contributed by atoms with E-state index < -0.39 is 6.10 Å². The number of hydrogen-bond donors (Lipinski definition) is 1. The van der Waals surface area contributed by atoms with Crippen molar-refractivity contribution in [1.82, 2.24) is 0 Å². The highest BCUT2D eigenvalue weighted by Gasteiger charge is 2.06. The molecule has 0 saturated carbocycles. The number of aryl methyl sites for hydroxylation is 1. The maximum absolute atomic E-state index is 9.48. The summed E-state index contributed by atoms with van der Waals surface area (Å²) < 4.78 is 5.70. The lowest BCUT2D eigenvalue weighted by atomic mass is 10.1. The van der Waals surface area contributed by atoms with Crippen molar-refractivity contribution in [1.29, 1.82) is 0 Å². The summed E-state index contributed by atoms with van der Waals surface area (Å²) >= 11 is 6.13. The molecule has 0 saturated heterocycles. The molecule has 0 aromatic heterocycles. The molecule has 2 nitrogen and oxygen atoms in total. The van der Waals surface area contributed by atoms with Gasteiger partial charge in [-0.2, -0.15) is 0 Å². The molecule has 1 unspecified atom stereocenters. The van der Waals surface area contributed by atoms with Crippen LogP contribution in [0.15, 0.2) is 42.5 Å². The molecule has 0 bridgehead atoms. The number of rotatable bonds is 4. The van der Waals surface area contributed by atoms with Gasteiger partial charge in [-0.05, 0) is 37.1 Å². The van der Waals surface area contributed by atoms with Gasteiger partial charge in [0.2, 0.25) is 0 Å². The van der Waals surface area contributed by atoms with Crippen molar-refractivity contribution in [2.75, 3.05) is 0 Å². The van der Waals surface area contributed by atoms with Crippen LogP contribution >= 0.6 is 11.6 Å². The van der Waals surface area contributed by atoms with Crippen molar-refractivity contribution in [2.45, 2.75) is 26.6 Å². The maximum atomic E-state index is 9.48. The maximum Gasteiger partial charge on any atom is 0.138 e. The molecular formula is C16H17ClO2. The number of aliphatic hydroxyl groups is 1. The van der Waals surface area contributed by atoms with E-state index in [-0.39, 0.29) is 0 Å². The summed E-state index contributed by atoms with van der Waals surface area (Å²) in [6.07, 6.45) is -0.525. The Morgan fingerprint density at radius 1 is 1.21 bits per heavy atom. The molecular weight excluding hydrogens is 260 g/mol. The minimum Gasteiger partial charge on any atom is -0.487 e. The van der Waals surface area contributed by atoms with E-state index in [0.29, 0.717) is 17.4 Å². The zero-order valence-electron chi connectivity index (χ0n) is 11.1. The second-order valence-corrected chi connectivity index (χ2v) is 5.05. The standard InChI is InChI=1S/C16H17ClO2/c1-11-4-3-5-13(8-11)10-19-16-7-6-14(12(2)18)9-15(16)17/h3-9,12,18H,10H2,1-2H3. The first-order valence-corrected chi connectivity index (χ1v) is 6.60. The Morgan fingerprint density at radius 3 is 2.63 bits per heavy atom. The van der Waals surface area contributed by atoms with Crippen LogP contribution in [0.2, 0.25) is 5.02 Å². The number of aliphatic hydroxyl groups excluding tert-OH is 1. The lowest BCUT2D eigenvalue weighted by molar-refractivity contribution is 0.199. The summed E-state index contributed by atoms with van der Waals surface area (Å²) in [5.41, 5.74) is 3.10. The number of halogens is 1. The summed E-state index contributed by atoms with van der Waals surface area (Å²) in [5.74, 6) is 0.632. The van der Waals surface area contributed by atoms with Crippen LogP contribution in [0.4, 0.5) is 0 Å². The van der Waals surface area contributed by atoms with Gasteiger partial charge in [0.05, 0.1) is 11.1 Å². The number of hydrogen-bond acceptors (Lipinski definition) is 2. The molecule has 19 heavy (non-hydrogen) atoms. The molecule has 0 fully saturated rings. The van der Waals surface area contributed by atoms with Gasteiger partial charge in [0, 0.05) is 0 Å². The van der Waals surface area contributed by atoms with Crippen LogP contribution in [-0.4, -0.2) is 5.11 Å². The normalized spacial score (nSPS) is 12.2. The minimum absolute atomic E-state index is 0.482. The summed E-state index contributed by atoms with van der Waals surface area (Å²) in [6, 6.07) is 13.5. The Labute approximate surface area is 118 Å². The van der Waals surface area contributed by atoms with Crippen molar-refractivity contribution in [3.05, 3.63) is 64.2 Å². The molecule has 0 amide bonds. The van der Waals surface area contributed by atoms with Crippen LogP contribution in [0, 0.1) is 6.92 Å². The molecule has 2 aromatic rings. The fourth-order valence-corrected chi connectivity index (χ4v) is 2.10. The Morgan fingerprint density at radius 2 is 2.00 bits per heavy atom. The van der Waals surface area contributed by atoms with Crippen LogP contribution in [0.1, 0.15) is 29.7 Å². The smallest absolute Gasteiger partial charge is 0.138 e. The molecule has 0 spiro atoms.